The summed E-state index contributed by atoms with van der Waals surface area (Å²) in [7, 11) is 3.28. The highest BCUT2D eigenvalue weighted by atomic mass is 16.5. The number of nitrogens with one attached hydrogen (secondary N) is 2. The van der Waals surface area contributed by atoms with Gasteiger partial charge in [-0.3, -0.25) is 4.79 Å². The minimum absolute atomic E-state index is 0.139. The van der Waals surface area contributed by atoms with E-state index < -0.39 is 0 Å². The first-order valence-corrected chi connectivity index (χ1v) is 11.7. The molecule has 3 aromatic carbocycles. The molecule has 2 heterocycles. The van der Waals surface area contributed by atoms with Crippen LogP contribution in [0.3, 0.4) is 0 Å². The Morgan fingerprint density at radius 3 is 2.25 bits per heavy atom. The number of aromatic nitrogens is 2. The molecule has 0 bridgehead atoms. The van der Waals surface area contributed by atoms with Crippen LogP contribution in [0, 0.1) is 0 Å². The summed E-state index contributed by atoms with van der Waals surface area (Å²) in [5, 5.41) is 4.06. The molecule has 0 fully saturated rings. The van der Waals surface area contributed by atoms with Crippen LogP contribution in [0.5, 0.6) is 11.5 Å². The summed E-state index contributed by atoms with van der Waals surface area (Å²) in [4.78, 5) is 20.0. The lowest BCUT2D eigenvalue weighted by molar-refractivity contribution is 0.354. The number of fused-ring (bicyclic) bond motifs is 1. The standard InChI is InChI=1S/C30H27N3O3/c1-35-27-13-10-21(16-28(27)36-2)19-31-18-20-8-11-23(12-9-20)29-24(22-6-4-3-5-7-22)17-25-26(33-29)14-15-32-30(25)34/h3-17,31H,18-19H2,1-2H3,(H,32,34). The normalized spacial score (nSPS) is 10.9. The minimum atomic E-state index is -0.139. The molecule has 6 nitrogen and oxygen atoms in total. The molecule has 36 heavy (non-hydrogen) atoms. The molecule has 0 spiro atoms. The molecule has 180 valence electrons. The molecule has 2 aromatic heterocycles. The van der Waals surface area contributed by atoms with Crippen LogP contribution in [0.15, 0.2) is 95.9 Å². The molecule has 5 rings (SSSR count). The molecule has 0 aliphatic carbocycles. The van der Waals surface area contributed by atoms with Crippen molar-refractivity contribution in [3.05, 3.63) is 113 Å². The summed E-state index contributed by atoms with van der Waals surface area (Å²) < 4.78 is 10.7. The predicted octanol–water partition coefficient (Wildman–Crippen LogP) is 5.56. The van der Waals surface area contributed by atoms with Crippen LogP contribution in [0.4, 0.5) is 0 Å². The van der Waals surface area contributed by atoms with E-state index >= 15 is 0 Å². The second-order valence-corrected chi connectivity index (χ2v) is 8.48. The smallest absolute Gasteiger partial charge is 0.257 e. The Hall–Kier alpha value is -4.42. The highest BCUT2D eigenvalue weighted by Gasteiger charge is 2.13. The lowest BCUT2D eigenvalue weighted by Crippen LogP contribution is -2.12. The van der Waals surface area contributed by atoms with E-state index in [-0.39, 0.29) is 5.56 Å². The molecular formula is C30H27N3O3. The van der Waals surface area contributed by atoms with Crippen LogP contribution in [0.1, 0.15) is 11.1 Å². The Bertz CT molecular complexity index is 1540. The number of rotatable bonds is 8. The van der Waals surface area contributed by atoms with Crippen molar-refractivity contribution in [2.75, 3.05) is 14.2 Å². The second kappa shape index (κ2) is 10.5. The lowest BCUT2D eigenvalue weighted by atomic mass is 9.97. The summed E-state index contributed by atoms with van der Waals surface area (Å²) >= 11 is 0. The van der Waals surface area contributed by atoms with Gasteiger partial charge >= 0.3 is 0 Å². The molecule has 0 aliphatic rings. The van der Waals surface area contributed by atoms with Gasteiger partial charge in [0.15, 0.2) is 11.5 Å². The third-order valence-electron chi connectivity index (χ3n) is 6.17. The van der Waals surface area contributed by atoms with Crippen molar-refractivity contribution in [3.8, 4) is 33.9 Å². The minimum Gasteiger partial charge on any atom is -0.493 e. The summed E-state index contributed by atoms with van der Waals surface area (Å²) in [6.07, 6.45) is 1.64. The third-order valence-corrected chi connectivity index (χ3v) is 6.17. The zero-order chi connectivity index (χ0) is 24.9. The van der Waals surface area contributed by atoms with Crippen molar-refractivity contribution in [2.45, 2.75) is 13.1 Å². The van der Waals surface area contributed by atoms with Crippen molar-refractivity contribution < 1.29 is 9.47 Å². The fourth-order valence-electron chi connectivity index (χ4n) is 4.29. The van der Waals surface area contributed by atoms with E-state index in [0.29, 0.717) is 17.4 Å². The monoisotopic (exact) mass is 477 g/mol. The molecule has 5 aromatic rings. The Balaban J connectivity index is 1.38. The molecule has 0 saturated heterocycles. The molecule has 0 unspecified atom stereocenters. The van der Waals surface area contributed by atoms with E-state index in [1.165, 1.54) is 0 Å². The van der Waals surface area contributed by atoms with Crippen molar-refractivity contribution >= 4 is 10.9 Å². The Labute approximate surface area is 209 Å². The molecular weight excluding hydrogens is 450 g/mol. The summed E-state index contributed by atoms with van der Waals surface area (Å²) in [6, 6.07) is 28.1. The zero-order valence-corrected chi connectivity index (χ0v) is 20.2. The molecule has 0 atom stereocenters. The van der Waals surface area contributed by atoms with Gasteiger partial charge in [-0.2, -0.15) is 0 Å². The van der Waals surface area contributed by atoms with Crippen LogP contribution in [-0.4, -0.2) is 24.2 Å². The van der Waals surface area contributed by atoms with E-state index in [0.717, 1.165) is 51.6 Å². The largest absolute Gasteiger partial charge is 0.493 e. The fraction of sp³-hybridized carbons (Fsp3) is 0.133. The van der Waals surface area contributed by atoms with Crippen LogP contribution < -0.4 is 20.3 Å². The fourth-order valence-corrected chi connectivity index (χ4v) is 4.29. The van der Waals surface area contributed by atoms with Gasteiger partial charge in [0.1, 0.15) is 0 Å². The van der Waals surface area contributed by atoms with Crippen LogP contribution in [0.2, 0.25) is 0 Å². The average Bonchev–Trinajstić information content (AvgIpc) is 2.93. The number of hydrogen-bond donors (Lipinski definition) is 2. The SMILES string of the molecule is COc1ccc(CNCc2ccc(-c3nc4cc[nH]c(=O)c4cc3-c3ccccc3)cc2)cc1OC. The number of aromatic amines is 1. The maximum Gasteiger partial charge on any atom is 0.257 e. The van der Waals surface area contributed by atoms with Crippen LogP contribution in [-0.2, 0) is 13.1 Å². The molecule has 0 saturated carbocycles. The van der Waals surface area contributed by atoms with Crippen molar-refractivity contribution in [1.29, 1.82) is 0 Å². The predicted molar refractivity (Wildman–Crippen MR) is 143 cm³/mol. The quantitative estimate of drug-likeness (QED) is 0.306. The number of nitrogens with zero attached hydrogens (tertiary/aromatic N) is 1. The Morgan fingerprint density at radius 1 is 0.778 bits per heavy atom. The molecule has 0 aliphatic heterocycles. The number of hydrogen-bond acceptors (Lipinski definition) is 5. The third kappa shape index (κ3) is 4.85. The van der Waals surface area contributed by atoms with Gasteiger partial charge in [0.2, 0.25) is 0 Å². The molecule has 0 amide bonds. The van der Waals surface area contributed by atoms with E-state index in [1.54, 1.807) is 20.4 Å². The second-order valence-electron chi connectivity index (χ2n) is 8.48. The number of ether oxygens (including phenoxy) is 2. The molecule has 6 heteroatoms. The Morgan fingerprint density at radius 2 is 1.50 bits per heavy atom. The summed E-state index contributed by atoms with van der Waals surface area (Å²) in [5.74, 6) is 1.44. The number of H-pyrrole nitrogens is 1. The Kier molecular flexibility index (Phi) is 6.78. The number of benzene rings is 3. The van der Waals surface area contributed by atoms with Gasteiger partial charge in [0, 0.05) is 30.4 Å². The van der Waals surface area contributed by atoms with Crippen molar-refractivity contribution in [2.24, 2.45) is 0 Å². The molecule has 2 N–H and O–H groups in total. The first-order chi connectivity index (χ1) is 17.7. The average molecular weight is 478 g/mol. The maximum atomic E-state index is 12.4. The van der Waals surface area contributed by atoms with Gasteiger partial charge in [-0.15, -0.1) is 0 Å². The first kappa shape index (κ1) is 23.3. The van der Waals surface area contributed by atoms with E-state index in [9.17, 15) is 4.79 Å². The lowest BCUT2D eigenvalue weighted by Gasteiger charge is -2.12. The summed E-state index contributed by atoms with van der Waals surface area (Å²) in [5.41, 5.74) is 6.62. The van der Waals surface area contributed by atoms with Crippen molar-refractivity contribution in [3.63, 3.8) is 0 Å². The van der Waals surface area contributed by atoms with E-state index in [2.05, 4.69) is 34.6 Å². The maximum absolute atomic E-state index is 12.4. The van der Waals surface area contributed by atoms with Gasteiger partial charge in [0.25, 0.3) is 5.56 Å². The first-order valence-electron chi connectivity index (χ1n) is 11.7. The highest BCUT2D eigenvalue weighted by molar-refractivity contribution is 5.91. The van der Waals surface area contributed by atoms with Gasteiger partial charge in [-0.1, -0.05) is 60.7 Å². The molecule has 0 radical (unpaired) electrons. The van der Waals surface area contributed by atoms with E-state index in [4.69, 9.17) is 14.5 Å². The zero-order valence-electron chi connectivity index (χ0n) is 20.2. The van der Waals surface area contributed by atoms with E-state index in [1.807, 2.05) is 60.7 Å². The van der Waals surface area contributed by atoms with Crippen LogP contribution >= 0.6 is 0 Å². The number of pyridine rings is 2. The highest BCUT2D eigenvalue weighted by Crippen LogP contribution is 2.33. The van der Waals surface area contributed by atoms with Gasteiger partial charge < -0.3 is 19.8 Å². The van der Waals surface area contributed by atoms with Gasteiger partial charge in [-0.25, -0.2) is 4.98 Å². The van der Waals surface area contributed by atoms with Gasteiger partial charge in [0.05, 0.1) is 30.8 Å². The topological polar surface area (TPSA) is 76.2 Å². The summed E-state index contributed by atoms with van der Waals surface area (Å²) in [6.45, 7) is 1.43. The number of methoxy groups -OCH3 is 2. The van der Waals surface area contributed by atoms with Crippen molar-refractivity contribution in [1.82, 2.24) is 15.3 Å². The van der Waals surface area contributed by atoms with Crippen LogP contribution in [0.25, 0.3) is 33.3 Å². The van der Waals surface area contributed by atoms with Gasteiger partial charge in [-0.05, 0) is 41.0 Å².